The van der Waals surface area contributed by atoms with Crippen molar-refractivity contribution >= 4 is 28.4 Å². The number of nitrogens with one attached hydrogen (secondary N) is 1. The molecule has 22 heavy (non-hydrogen) atoms. The van der Waals surface area contributed by atoms with Gasteiger partial charge in [-0.05, 0) is 18.2 Å². The third-order valence-electron chi connectivity index (χ3n) is 3.28. The Bertz CT molecular complexity index is 909. The lowest BCUT2D eigenvalue weighted by Crippen LogP contribution is -2.19. The van der Waals surface area contributed by atoms with Crippen molar-refractivity contribution in [2.75, 3.05) is 5.32 Å². The van der Waals surface area contributed by atoms with Gasteiger partial charge < -0.3 is 10.1 Å². The largest absolute Gasteiger partial charge is 0.386 e. The average molecular weight is 289 g/mol. The molecule has 0 atom stereocenters. The number of carbonyl (C=O) groups is 2. The monoisotopic (exact) mass is 289 g/mol. The number of esters is 2. The van der Waals surface area contributed by atoms with Crippen LogP contribution in [-0.2, 0) is 4.74 Å². The second-order valence-electron chi connectivity index (χ2n) is 4.49. The molecular formula is C16H7N3O3. The number of cyclic esters (lactones) is 2. The number of carbonyl (C=O) groups excluding carboxylic acids is 2. The minimum Gasteiger partial charge on any atom is -0.386 e. The first kappa shape index (κ1) is 13.3. The van der Waals surface area contributed by atoms with E-state index in [1.165, 1.54) is 12.3 Å². The minimum absolute atomic E-state index is 0.0871. The number of nitrogens with zero attached hydrogens (tertiary/aromatic N) is 2. The van der Waals surface area contributed by atoms with E-state index in [1.54, 1.807) is 36.4 Å². The van der Waals surface area contributed by atoms with Crippen molar-refractivity contribution in [1.29, 1.82) is 10.5 Å². The standard InChI is InChI=1S/C16H7N3O3/c17-6-9(7-18)8-19-13-5-4-12-14-10(13)2-1-3-11(14)15(20)22-16(12)21/h1-5,8,19H. The summed E-state index contributed by atoms with van der Waals surface area (Å²) in [7, 11) is 0. The van der Waals surface area contributed by atoms with E-state index in [0.717, 1.165) is 0 Å². The van der Waals surface area contributed by atoms with Gasteiger partial charge in [0.25, 0.3) is 0 Å². The molecule has 2 aromatic rings. The van der Waals surface area contributed by atoms with Gasteiger partial charge in [-0.25, -0.2) is 9.59 Å². The van der Waals surface area contributed by atoms with Crippen LogP contribution in [0.2, 0.25) is 0 Å². The van der Waals surface area contributed by atoms with E-state index >= 15 is 0 Å². The Morgan fingerprint density at radius 3 is 2.41 bits per heavy atom. The first-order valence-corrected chi connectivity index (χ1v) is 6.25. The molecule has 0 bridgehead atoms. The topological polar surface area (TPSA) is 103 Å². The summed E-state index contributed by atoms with van der Waals surface area (Å²) in [4.78, 5) is 23.6. The molecule has 0 saturated heterocycles. The second kappa shape index (κ2) is 5.04. The third-order valence-corrected chi connectivity index (χ3v) is 3.28. The van der Waals surface area contributed by atoms with Crippen molar-refractivity contribution in [3.05, 3.63) is 53.2 Å². The average Bonchev–Trinajstić information content (AvgIpc) is 2.54. The highest BCUT2D eigenvalue weighted by Gasteiger charge is 2.27. The van der Waals surface area contributed by atoms with E-state index in [4.69, 9.17) is 10.5 Å². The molecule has 0 aliphatic carbocycles. The Kier molecular flexibility index (Phi) is 3.06. The van der Waals surface area contributed by atoms with Crippen LogP contribution in [0.1, 0.15) is 20.7 Å². The van der Waals surface area contributed by atoms with E-state index in [-0.39, 0.29) is 5.57 Å². The lowest BCUT2D eigenvalue weighted by atomic mass is 9.96. The molecule has 6 nitrogen and oxygen atoms in total. The lowest BCUT2D eigenvalue weighted by Gasteiger charge is -2.17. The highest BCUT2D eigenvalue weighted by Crippen LogP contribution is 2.33. The maximum absolute atomic E-state index is 11.8. The van der Waals surface area contributed by atoms with E-state index < -0.39 is 11.9 Å². The fourth-order valence-electron chi connectivity index (χ4n) is 2.31. The van der Waals surface area contributed by atoms with Crippen LogP contribution < -0.4 is 5.32 Å². The van der Waals surface area contributed by atoms with Crippen molar-refractivity contribution in [3.8, 4) is 12.1 Å². The van der Waals surface area contributed by atoms with E-state index in [0.29, 0.717) is 27.6 Å². The van der Waals surface area contributed by atoms with Crippen molar-refractivity contribution in [1.82, 2.24) is 0 Å². The van der Waals surface area contributed by atoms with Crippen LogP contribution in [0.5, 0.6) is 0 Å². The number of ether oxygens (including phenoxy) is 1. The molecule has 0 aromatic heterocycles. The minimum atomic E-state index is -0.689. The fourth-order valence-corrected chi connectivity index (χ4v) is 2.31. The van der Waals surface area contributed by atoms with Crippen molar-refractivity contribution in [2.24, 2.45) is 0 Å². The van der Waals surface area contributed by atoms with Gasteiger partial charge in [0, 0.05) is 22.7 Å². The maximum Gasteiger partial charge on any atom is 0.346 e. The predicted octanol–water partition coefficient (Wildman–Crippen LogP) is 2.49. The number of hydrogen-bond donors (Lipinski definition) is 1. The maximum atomic E-state index is 11.8. The zero-order valence-corrected chi connectivity index (χ0v) is 11.1. The summed E-state index contributed by atoms with van der Waals surface area (Å²) in [5.74, 6) is -1.38. The molecule has 1 heterocycles. The third kappa shape index (κ3) is 1.96. The summed E-state index contributed by atoms with van der Waals surface area (Å²) in [5.41, 5.74) is 1.10. The molecule has 2 aromatic carbocycles. The summed E-state index contributed by atoms with van der Waals surface area (Å²) in [6.45, 7) is 0. The van der Waals surface area contributed by atoms with Gasteiger partial charge in [-0.2, -0.15) is 10.5 Å². The van der Waals surface area contributed by atoms with Gasteiger partial charge in [-0.15, -0.1) is 0 Å². The lowest BCUT2D eigenvalue weighted by molar-refractivity contribution is 0.0391. The van der Waals surface area contributed by atoms with Gasteiger partial charge in [-0.3, -0.25) is 0 Å². The van der Waals surface area contributed by atoms with Gasteiger partial charge in [-0.1, -0.05) is 12.1 Å². The van der Waals surface area contributed by atoms with Crippen LogP contribution in [0.15, 0.2) is 42.1 Å². The van der Waals surface area contributed by atoms with E-state index in [9.17, 15) is 9.59 Å². The summed E-state index contributed by atoms with van der Waals surface area (Å²) in [6, 6.07) is 11.6. The SMILES string of the molecule is N#CC(C#N)=CNc1ccc2c3c(cccc13)C(=O)OC2=O. The molecule has 3 rings (SSSR count). The first-order chi connectivity index (χ1) is 10.7. The summed E-state index contributed by atoms with van der Waals surface area (Å²) >= 11 is 0. The normalized spacial score (nSPS) is 12.1. The van der Waals surface area contributed by atoms with Crippen LogP contribution in [-0.4, -0.2) is 11.9 Å². The van der Waals surface area contributed by atoms with Gasteiger partial charge in [0.1, 0.15) is 17.7 Å². The van der Waals surface area contributed by atoms with E-state index in [2.05, 4.69) is 10.1 Å². The smallest absolute Gasteiger partial charge is 0.346 e. The van der Waals surface area contributed by atoms with Crippen LogP contribution >= 0.6 is 0 Å². The van der Waals surface area contributed by atoms with Crippen molar-refractivity contribution in [2.45, 2.75) is 0 Å². The van der Waals surface area contributed by atoms with Gasteiger partial charge in [0.15, 0.2) is 0 Å². The molecule has 6 heteroatoms. The van der Waals surface area contributed by atoms with Gasteiger partial charge in [0.05, 0.1) is 11.1 Å². The molecule has 1 aliphatic heterocycles. The Balaban J connectivity index is 2.22. The molecule has 1 N–H and O–H groups in total. The number of allylic oxidation sites excluding steroid dienone is 1. The Morgan fingerprint density at radius 2 is 1.73 bits per heavy atom. The zero-order valence-electron chi connectivity index (χ0n) is 11.1. The molecule has 0 fully saturated rings. The highest BCUT2D eigenvalue weighted by molar-refractivity contribution is 6.22. The Labute approximate surface area is 124 Å². The molecule has 0 unspecified atom stereocenters. The fraction of sp³-hybridized carbons (Fsp3) is 0. The molecular weight excluding hydrogens is 282 g/mol. The first-order valence-electron chi connectivity index (χ1n) is 6.25. The van der Waals surface area contributed by atoms with Gasteiger partial charge >= 0.3 is 11.9 Å². The molecule has 0 amide bonds. The number of rotatable bonds is 2. The number of benzene rings is 2. The number of anilines is 1. The van der Waals surface area contributed by atoms with Crippen LogP contribution in [0.25, 0.3) is 10.8 Å². The summed E-state index contributed by atoms with van der Waals surface area (Å²) < 4.78 is 4.68. The highest BCUT2D eigenvalue weighted by atomic mass is 16.6. The summed E-state index contributed by atoms with van der Waals surface area (Å²) in [5, 5.41) is 21.5. The van der Waals surface area contributed by atoms with E-state index in [1.807, 2.05) is 0 Å². The molecule has 1 aliphatic rings. The molecule has 0 spiro atoms. The molecule has 0 radical (unpaired) electrons. The molecule has 0 saturated carbocycles. The second-order valence-corrected chi connectivity index (χ2v) is 4.49. The predicted molar refractivity (Wildman–Crippen MR) is 76.6 cm³/mol. The van der Waals surface area contributed by atoms with Crippen LogP contribution in [0.3, 0.4) is 0 Å². The van der Waals surface area contributed by atoms with Crippen LogP contribution in [0, 0.1) is 22.7 Å². The Morgan fingerprint density at radius 1 is 1.05 bits per heavy atom. The van der Waals surface area contributed by atoms with Crippen molar-refractivity contribution in [3.63, 3.8) is 0 Å². The van der Waals surface area contributed by atoms with Gasteiger partial charge in [0.2, 0.25) is 0 Å². The summed E-state index contributed by atoms with van der Waals surface area (Å²) in [6.07, 6.45) is 1.27. The molecule has 104 valence electrons. The number of nitriles is 2. The number of hydrogen-bond acceptors (Lipinski definition) is 6. The van der Waals surface area contributed by atoms with Crippen LogP contribution in [0.4, 0.5) is 5.69 Å². The quantitative estimate of drug-likeness (QED) is 0.517. The zero-order chi connectivity index (χ0) is 15.7. The van der Waals surface area contributed by atoms with Crippen molar-refractivity contribution < 1.29 is 14.3 Å². The Hall–Kier alpha value is -3.64.